The van der Waals surface area contributed by atoms with Crippen molar-refractivity contribution >= 4 is 11.3 Å². The Bertz CT molecular complexity index is 299. The lowest BCUT2D eigenvalue weighted by atomic mass is 10.1. The van der Waals surface area contributed by atoms with Crippen LogP contribution in [-0.4, -0.2) is 18.1 Å². The number of hydrogen-bond acceptors (Lipinski definition) is 4. The first-order valence-corrected chi connectivity index (χ1v) is 6.65. The molecule has 1 aromatic heterocycles. The van der Waals surface area contributed by atoms with Crippen molar-refractivity contribution in [1.82, 2.24) is 10.3 Å². The van der Waals surface area contributed by atoms with E-state index in [-0.39, 0.29) is 0 Å². The lowest BCUT2D eigenvalue weighted by Gasteiger charge is -2.14. The van der Waals surface area contributed by atoms with Crippen molar-refractivity contribution in [1.29, 1.82) is 0 Å². The fraction of sp³-hybridized carbons (Fsp3) is 0.750. The first-order chi connectivity index (χ1) is 7.61. The minimum Gasteiger partial charge on any atom is -0.378 e. The van der Waals surface area contributed by atoms with Crippen molar-refractivity contribution in [2.75, 3.05) is 7.11 Å². The summed E-state index contributed by atoms with van der Waals surface area (Å²) in [5, 5.41) is 6.64. The van der Waals surface area contributed by atoms with E-state index < -0.39 is 0 Å². The molecule has 0 amide bonds. The first kappa shape index (κ1) is 13.6. The third kappa shape index (κ3) is 5.05. The molecule has 0 saturated carbocycles. The summed E-state index contributed by atoms with van der Waals surface area (Å²) in [5.41, 5.74) is 1.12. The van der Waals surface area contributed by atoms with E-state index in [1.54, 1.807) is 18.4 Å². The zero-order valence-electron chi connectivity index (χ0n) is 10.6. The molecule has 0 aliphatic carbocycles. The number of nitrogens with one attached hydrogen (secondary N) is 1. The Labute approximate surface area is 102 Å². The third-order valence-electron chi connectivity index (χ3n) is 2.32. The minimum absolute atomic E-state index is 0.549. The molecule has 0 aliphatic heterocycles. The van der Waals surface area contributed by atoms with Gasteiger partial charge in [0.15, 0.2) is 0 Å². The van der Waals surface area contributed by atoms with Crippen molar-refractivity contribution < 1.29 is 4.74 Å². The largest absolute Gasteiger partial charge is 0.378 e. The van der Waals surface area contributed by atoms with E-state index >= 15 is 0 Å². The number of thiazole rings is 1. The lowest BCUT2D eigenvalue weighted by Crippen LogP contribution is -2.26. The molecule has 0 bridgehead atoms. The SMILES string of the molecule is COCc1nc(CNC(C)CC(C)C)cs1. The lowest BCUT2D eigenvalue weighted by molar-refractivity contribution is 0.184. The summed E-state index contributed by atoms with van der Waals surface area (Å²) in [6.07, 6.45) is 1.20. The smallest absolute Gasteiger partial charge is 0.119 e. The second-order valence-electron chi connectivity index (χ2n) is 4.58. The van der Waals surface area contributed by atoms with Gasteiger partial charge in [-0.1, -0.05) is 13.8 Å². The molecule has 1 unspecified atom stereocenters. The maximum atomic E-state index is 5.05. The van der Waals surface area contributed by atoms with Gasteiger partial charge in [0.1, 0.15) is 5.01 Å². The highest BCUT2D eigenvalue weighted by Gasteiger charge is 2.06. The van der Waals surface area contributed by atoms with Gasteiger partial charge in [-0.15, -0.1) is 11.3 Å². The molecule has 1 rings (SSSR count). The van der Waals surface area contributed by atoms with Crippen molar-refractivity contribution in [3.63, 3.8) is 0 Å². The average Bonchev–Trinajstić information content (AvgIpc) is 2.62. The highest BCUT2D eigenvalue weighted by Crippen LogP contribution is 2.11. The van der Waals surface area contributed by atoms with Gasteiger partial charge in [0, 0.05) is 25.1 Å². The average molecular weight is 242 g/mol. The molecule has 1 aromatic rings. The van der Waals surface area contributed by atoms with Gasteiger partial charge >= 0.3 is 0 Å². The Morgan fingerprint density at radius 2 is 2.19 bits per heavy atom. The number of methoxy groups -OCH3 is 1. The molecule has 0 aliphatic rings. The van der Waals surface area contributed by atoms with E-state index in [0.717, 1.165) is 23.2 Å². The van der Waals surface area contributed by atoms with Crippen LogP contribution < -0.4 is 5.32 Å². The molecule has 1 N–H and O–H groups in total. The normalized spacial score (nSPS) is 13.3. The summed E-state index contributed by atoms with van der Waals surface area (Å²) in [4.78, 5) is 4.48. The van der Waals surface area contributed by atoms with Crippen LogP contribution in [0.15, 0.2) is 5.38 Å². The molecule has 0 aromatic carbocycles. The van der Waals surface area contributed by atoms with E-state index in [1.165, 1.54) is 6.42 Å². The fourth-order valence-electron chi connectivity index (χ4n) is 1.69. The Morgan fingerprint density at radius 1 is 1.44 bits per heavy atom. The van der Waals surface area contributed by atoms with Gasteiger partial charge in [-0.2, -0.15) is 0 Å². The van der Waals surface area contributed by atoms with Gasteiger partial charge in [0.25, 0.3) is 0 Å². The molecule has 0 fully saturated rings. The zero-order valence-corrected chi connectivity index (χ0v) is 11.4. The molecule has 3 nitrogen and oxygen atoms in total. The van der Waals surface area contributed by atoms with Gasteiger partial charge < -0.3 is 10.1 Å². The van der Waals surface area contributed by atoms with E-state index in [4.69, 9.17) is 4.74 Å². The highest BCUT2D eigenvalue weighted by molar-refractivity contribution is 7.09. The molecule has 0 spiro atoms. The zero-order chi connectivity index (χ0) is 12.0. The Kier molecular flexibility index (Phi) is 5.95. The molecule has 4 heteroatoms. The van der Waals surface area contributed by atoms with E-state index in [9.17, 15) is 0 Å². The van der Waals surface area contributed by atoms with Crippen LogP contribution in [0, 0.1) is 5.92 Å². The molecular formula is C12H22N2OS. The van der Waals surface area contributed by atoms with E-state index in [1.807, 2.05) is 0 Å². The molecule has 0 radical (unpaired) electrons. The Balaban J connectivity index is 2.30. The minimum atomic E-state index is 0.549. The molecule has 92 valence electrons. The van der Waals surface area contributed by atoms with Crippen molar-refractivity contribution in [3.05, 3.63) is 16.1 Å². The van der Waals surface area contributed by atoms with Crippen LogP contribution in [0.25, 0.3) is 0 Å². The van der Waals surface area contributed by atoms with Gasteiger partial charge in [-0.25, -0.2) is 4.98 Å². The number of aromatic nitrogens is 1. The maximum Gasteiger partial charge on any atom is 0.119 e. The molecule has 1 atom stereocenters. The monoisotopic (exact) mass is 242 g/mol. The van der Waals surface area contributed by atoms with Crippen LogP contribution in [0.4, 0.5) is 0 Å². The predicted molar refractivity (Wildman–Crippen MR) is 68.6 cm³/mol. The van der Waals surface area contributed by atoms with Crippen molar-refractivity contribution in [3.8, 4) is 0 Å². The van der Waals surface area contributed by atoms with Crippen LogP contribution in [0.1, 0.15) is 37.9 Å². The third-order valence-corrected chi connectivity index (χ3v) is 3.19. The summed E-state index contributed by atoms with van der Waals surface area (Å²) in [5.74, 6) is 0.738. The number of rotatable bonds is 7. The predicted octanol–water partition coefficient (Wildman–Crippen LogP) is 2.81. The van der Waals surface area contributed by atoms with Gasteiger partial charge in [-0.3, -0.25) is 0 Å². The van der Waals surface area contributed by atoms with Gasteiger partial charge in [0.2, 0.25) is 0 Å². The van der Waals surface area contributed by atoms with Crippen molar-refractivity contribution in [2.45, 2.75) is 46.4 Å². The Morgan fingerprint density at radius 3 is 2.81 bits per heavy atom. The van der Waals surface area contributed by atoms with Gasteiger partial charge in [0.05, 0.1) is 12.3 Å². The molecular weight excluding hydrogens is 220 g/mol. The van der Waals surface area contributed by atoms with Crippen LogP contribution in [0.3, 0.4) is 0 Å². The quantitative estimate of drug-likeness (QED) is 0.798. The molecule has 0 saturated heterocycles. The standard InChI is InChI=1S/C12H22N2OS/c1-9(2)5-10(3)13-6-11-8-16-12(14-11)7-15-4/h8-10,13H,5-7H2,1-4H3. The second-order valence-corrected chi connectivity index (χ2v) is 5.52. The summed E-state index contributed by atoms with van der Waals surface area (Å²) in [7, 11) is 1.70. The summed E-state index contributed by atoms with van der Waals surface area (Å²) >= 11 is 1.66. The van der Waals surface area contributed by atoms with Crippen molar-refractivity contribution in [2.24, 2.45) is 5.92 Å². The van der Waals surface area contributed by atoms with Crippen LogP contribution >= 0.6 is 11.3 Å². The summed E-state index contributed by atoms with van der Waals surface area (Å²) in [6, 6.07) is 0.549. The molecule has 1 heterocycles. The summed E-state index contributed by atoms with van der Waals surface area (Å²) < 4.78 is 5.05. The van der Waals surface area contributed by atoms with E-state index in [2.05, 4.69) is 36.5 Å². The fourth-order valence-corrected chi connectivity index (χ4v) is 2.45. The van der Waals surface area contributed by atoms with Crippen LogP contribution in [0.2, 0.25) is 0 Å². The van der Waals surface area contributed by atoms with Gasteiger partial charge in [-0.05, 0) is 19.3 Å². The summed E-state index contributed by atoms with van der Waals surface area (Å²) in [6.45, 7) is 8.19. The maximum absolute atomic E-state index is 5.05. The Hall–Kier alpha value is -0.450. The van der Waals surface area contributed by atoms with Crippen LogP contribution in [-0.2, 0) is 17.9 Å². The molecule has 16 heavy (non-hydrogen) atoms. The highest BCUT2D eigenvalue weighted by atomic mass is 32.1. The number of hydrogen-bond donors (Lipinski definition) is 1. The first-order valence-electron chi connectivity index (χ1n) is 5.77. The van der Waals surface area contributed by atoms with E-state index in [0.29, 0.717) is 12.6 Å². The number of nitrogens with zero attached hydrogens (tertiary/aromatic N) is 1. The number of ether oxygens (including phenoxy) is 1. The second kappa shape index (κ2) is 6.99. The van der Waals surface area contributed by atoms with Crippen LogP contribution in [0.5, 0.6) is 0 Å². The topological polar surface area (TPSA) is 34.1 Å².